The van der Waals surface area contributed by atoms with Crippen molar-refractivity contribution in [1.82, 2.24) is 4.90 Å². The van der Waals surface area contributed by atoms with E-state index in [0.717, 1.165) is 31.9 Å². The summed E-state index contributed by atoms with van der Waals surface area (Å²) in [6, 6.07) is 16.8. The van der Waals surface area contributed by atoms with Crippen molar-refractivity contribution in [1.29, 1.82) is 0 Å². The average Bonchev–Trinajstić information content (AvgIpc) is 2.63. The molecule has 0 saturated carbocycles. The molecule has 0 N–H and O–H groups in total. The maximum Gasteiger partial charge on any atom is 0.241 e. The summed E-state index contributed by atoms with van der Waals surface area (Å²) >= 11 is 0. The van der Waals surface area contributed by atoms with Gasteiger partial charge in [-0.1, -0.05) is 24.3 Å². The topological polar surface area (TPSA) is 26.8 Å². The first kappa shape index (κ1) is 18.5. The molecular formula is C22H29N3O. The lowest BCUT2D eigenvalue weighted by molar-refractivity contribution is -0.119. The van der Waals surface area contributed by atoms with Crippen LogP contribution in [0.15, 0.2) is 48.5 Å². The van der Waals surface area contributed by atoms with E-state index in [1.165, 1.54) is 16.8 Å². The second-order valence-corrected chi connectivity index (χ2v) is 7.08. The van der Waals surface area contributed by atoms with Gasteiger partial charge < -0.3 is 9.80 Å². The number of benzene rings is 2. The monoisotopic (exact) mass is 351 g/mol. The predicted octanol–water partition coefficient (Wildman–Crippen LogP) is 3.48. The van der Waals surface area contributed by atoms with Crippen LogP contribution in [0.4, 0.5) is 11.4 Å². The van der Waals surface area contributed by atoms with E-state index >= 15 is 0 Å². The SMILES string of the molecule is CCN(C(=O)CN1CCN(c2cccc(C)c2)CC1)c1cccc(C)c1. The first-order valence-electron chi connectivity index (χ1n) is 9.48. The number of nitrogens with zero attached hydrogens (tertiary/aromatic N) is 3. The highest BCUT2D eigenvalue weighted by Gasteiger charge is 2.22. The Bertz CT molecular complexity index is 751. The molecule has 0 unspecified atom stereocenters. The van der Waals surface area contributed by atoms with Crippen molar-refractivity contribution in [3.05, 3.63) is 59.7 Å². The Hall–Kier alpha value is -2.33. The minimum atomic E-state index is 0.183. The lowest BCUT2D eigenvalue weighted by atomic mass is 10.2. The Labute approximate surface area is 157 Å². The summed E-state index contributed by atoms with van der Waals surface area (Å²) in [7, 11) is 0. The van der Waals surface area contributed by atoms with E-state index in [0.29, 0.717) is 13.1 Å². The van der Waals surface area contributed by atoms with E-state index in [9.17, 15) is 4.79 Å². The third kappa shape index (κ3) is 4.44. The largest absolute Gasteiger partial charge is 0.369 e. The molecule has 1 aliphatic heterocycles. The van der Waals surface area contributed by atoms with E-state index in [1.54, 1.807) is 0 Å². The maximum absolute atomic E-state index is 12.8. The second-order valence-electron chi connectivity index (χ2n) is 7.08. The Morgan fingerprint density at radius 2 is 1.62 bits per heavy atom. The van der Waals surface area contributed by atoms with Gasteiger partial charge in [-0.25, -0.2) is 0 Å². The van der Waals surface area contributed by atoms with Gasteiger partial charge in [-0.2, -0.15) is 0 Å². The predicted molar refractivity (Wildman–Crippen MR) is 109 cm³/mol. The van der Waals surface area contributed by atoms with Crippen LogP contribution in [0.5, 0.6) is 0 Å². The van der Waals surface area contributed by atoms with Gasteiger partial charge in [-0.15, -0.1) is 0 Å². The summed E-state index contributed by atoms with van der Waals surface area (Å²) in [5.41, 5.74) is 4.75. The number of rotatable bonds is 5. The number of amides is 1. The Morgan fingerprint density at radius 3 is 2.23 bits per heavy atom. The molecule has 0 spiro atoms. The average molecular weight is 351 g/mol. The minimum absolute atomic E-state index is 0.183. The number of aryl methyl sites for hydroxylation is 2. The summed E-state index contributed by atoms with van der Waals surface area (Å²) < 4.78 is 0. The molecule has 3 rings (SSSR count). The molecule has 4 nitrogen and oxygen atoms in total. The summed E-state index contributed by atoms with van der Waals surface area (Å²) in [4.78, 5) is 19.4. The molecule has 138 valence electrons. The highest BCUT2D eigenvalue weighted by Crippen LogP contribution is 2.19. The standard InChI is InChI=1S/C22H29N3O/c1-4-25(21-10-6-8-19(3)16-21)22(26)17-23-11-13-24(14-12-23)20-9-5-7-18(2)15-20/h5-10,15-16H,4,11-14,17H2,1-3H3. The quantitative estimate of drug-likeness (QED) is 0.825. The van der Waals surface area contributed by atoms with Crippen LogP contribution < -0.4 is 9.80 Å². The normalized spacial score (nSPS) is 15.1. The molecular weight excluding hydrogens is 322 g/mol. The molecule has 1 heterocycles. The van der Waals surface area contributed by atoms with Crippen molar-refractivity contribution in [3.8, 4) is 0 Å². The fourth-order valence-corrected chi connectivity index (χ4v) is 3.56. The van der Waals surface area contributed by atoms with Gasteiger partial charge in [0.2, 0.25) is 5.91 Å². The molecule has 1 fully saturated rings. The van der Waals surface area contributed by atoms with Crippen molar-refractivity contribution < 1.29 is 4.79 Å². The number of piperazine rings is 1. The molecule has 0 bridgehead atoms. The van der Waals surface area contributed by atoms with E-state index < -0.39 is 0 Å². The van der Waals surface area contributed by atoms with E-state index in [-0.39, 0.29) is 5.91 Å². The lowest BCUT2D eigenvalue weighted by Gasteiger charge is -2.36. The van der Waals surface area contributed by atoms with Crippen LogP contribution in [0.25, 0.3) is 0 Å². The smallest absolute Gasteiger partial charge is 0.241 e. The zero-order valence-corrected chi connectivity index (χ0v) is 16.1. The fourth-order valence-electron chi connectivity index (χ4n) is 3.56. The van der Waals surface area contributed by atoms with Gasteiger partial charge in [0.1, 0.15) is 0 Å². The zero-order valence-electron chi connectivity index (χ0n) is 16.1. The minimum Gasteiger partial charge on any atom is -0.369 e. The third-order valence-corrected chi connectivity index (χ3v) is 5.03. The van der Waals surface area contributed by atoms with Crippen LogP contribution in [-0.4, -0.2) is 50.1 Å². The van der Waals surface area contributed by atoms with Crippen molar-refractivity contribution in [2.45, 2.75) is 20.8 Å². The van der Waals surface area contributed by atoms with E-state index in [1.807, 2.05) is 24.0 Å². The molecule has 0 radical (unpaired) electrons. The number of hydrogen-bond acceptors (Lipinski definition) is 3. The number of hydrogen-bond donors (Lipinski definition) is 0. The molecule has 4 heteroatoms. The van der Waals surface area contributed by atoms with Crippen LogP contribution >= 0.6 is 0 Å². The summed E-state index contributed by atoms with van der Waals surface area (Å²) in [5, 5.41) is 0. The van der Waals surface area contributed by atoms with Crippen LogP contribution in [-0.2, 0) is 4.79 Å². The maximum atomic E-state index is 12.8. The number of carbonyl (C=O) groups excluding carboxylic acids is 1. The molecule has 0 atom stereocenters. The van der Waals surface area contributed by atoms with E-state index in [4.69, 9.17) is 0 Å². The Kier molecular flexibility index (Phi) is 5.94. The highest BCUT2D eigenvalue weighted by molar-refractivity contribution is 5.94. The number of likely N-dealkylation sites (N-methyl/N-ethyl adjacent to an activating group) is 1. The molecule has 26 heavy (non-hydrogen) atoms. The molecule has 1 aliphatic rings. The van der Waals surface area contributed by atoms with Crippen LogP contribution in [0.3, 0.4) is 0 Å². The second kappa shape index (κ2) is 8.37. The fraction of sp³-hybridized carbons (Fsp3) is 0.409. The summed E-state index contributed by atoms with van der Waals surface area (Å²) in [5.74, 6) is 0.183. The molecule has 0 aromatic heterocycles. The van der Waals surface area contributed by atoms with Gasteiger partial charge in [0.05, 0.1) is 6.54 Å². The molecule has 0 aliphatic carbocycles. The molecule has 1 saturated heterocycles. The molecule has 2 aromatic rings. The summed E-state index contributed by atoms with van der Waals surface area (Å²) in [6.45, 7) is 11.2. The Balaban J connectivity index is 1.57. The van der Waals surface area contributed by atoms with Gasteiger partial charge in [0.25, 0.3) is 0 Å². The van der Waals surface area contributed by atoms with Crippen molar-refractivity contribution in [3.63, 3.8) is 0 Å². The zero-order chi connectivity index (χ0) is 18.5. The van der Waals surface area contributed by atoms with E-state index in [2.05, 4.69) is 60.0 Å². The summed E-state index contributed by atoms with van der Waals surface area (Å²) in [6.07, 6.45) is 0. The first-order valence-corrected chi connectivity index (χ1v) is 9.48. The van der Waals surface area contributed by atoms with Gasteiger partial charge in [-0.3, -0.25) is 9.69 Å². The highest BCUT2D eigenvalue weighted by atomic mass is 16.2. The number of anilines is 2. The van der Waals surface area contributed by atoms with Crippen molar-refractivity contribution >= 4 is 17.3 Å². The van der Waals surface area contributed by atoms with Crippen LogP contribution in [0, 0.1) is 13.8 Å². The molecule has 2 aromatic carbocycles. The molecule has 1 amide bonds. The van der Waals surface area contributed by atoms with Crippen molar-refractivity contribution in [2.75, 3.05) is 49.1 Å². The van der Waals surface area contributed by atoms with Crippen LogP contribution in [0.2, 0.25) is 0 Å². The van der Waals surface area contributed by atoms with Gasteiger partial charge >= 0.3 is 0 Å². The first-order chi connectivity index (χ1) is 12.6. The third-order valence-electron chi connectivity index (χ3n) is 5.03. The number of carbonyl (C=O) groups is 1. The lowest BCUT2D eigenvalue weighted by Crippen LogP contribution is -2.50. The van der Waals surface area contributed by atoms with Crippen molar-refractivity contribution in [2.24, 2.45) is 0 Å². The van der Waals surface area contributed by atoms with Gasteiger partial charge in [0.15, 0.2) is 0 Å². The van der Waals surface area contributed by atoms with Gasteiger partial charge in [-0.05, 0) is 56.2 Å². The Morgan fingerprint density at radius 1 is 0.962 bits per heavy atom. The van der Waals surface area contributed by atoms with Gasteiger partial charge in [0, 0.05) is 44.1 Å². The van der Waals surface area contributed by atoms with Crippen LogP contribution in [0.1, 0.15) is 18.1 Å².